The minimum atomic E-state index is -0.226. The maximum atomic E-state index is 12.1. The second kappa shape index (κ2) is 5.92. The summed E-state index contributed by atoms with van der Waals surface area (Å²) in [5.74, 6) is 1.00. The number of rotatable bonds is 4. The normalized spacial score (nSPS) is 16.1. The molecule has 3 aromatic rings. The van der Waals surface area contributed by atoms with Gasteiger partial charge in [0.05, 0.1) is 6.04 Å². The molecule has 122 valence electrons. The summed E-state index contributed by atoms with van der Waals surface area (Å²) in [4.78, 5) is 16.5. The minimum absolute atomic E-state index is 0.0188. The number of carbonyl (C=O) groups excluding carboxylic acids is 1. The van der Waals surface area contributed by atoms with Crippen LogP contribution in [0.5, 0.6) is 0 Å². The molecule has 1 aliphatic carbocycles. The van der Waals surface area contributed by atoms with Crippen LogP contribution < -0.4 is 5.32 Å². The zero-order valence-corrected chi connectivity index (χ0v) is 13.2. The molecular formula is C17H16N4O3. The van der Waals surface area contributed by atoms with Gasteiger partial charge in [-0.2, -0.15) is 4.98 Å². The van der Waals surface area contributed by atoms with Gasteiger partial charge < -0.3 is 14.4 Å². The van der Waals surface area contributed by atoms with Gasteiger partial charge in [-0.1, -0.05) is 29.4 Å². The zero-order valence-electron chi connectivity index (χ0n) is 13.2. The molecule has 24 heavy (non-hydrogen) atoms. The molecule has 7 nitrogen and oxygen atoms in total. The fraction of sp³-hybridized carbons (Fsp3) is 0.294. The van der Waals surface area contributed by atoms with E-state index in [1.165, 1.54) is 11.8 Å². The molecule has 1 unspecified atom stereocenters. The molecule has 1 atom stereocenters. The van der Waals surface area contributed by atoms with Crippen molar-refractivity contribution in [3.05, 3.63) is 53.2 Å². The number of amides is 1. The highest BCUT2D eigenvalue weighted by atomic mass is 16.5. The Morgan fingerprint density at radius 3 is 3.00 bits per heavy atom. The molecule has 0 bridgehead atoms. The Bertz CT molecular complexity index is 870. The summed E-state index contributed by atoms with van der Waals surface area (Å²) >= 11 is 0. The first-order chi connectivity index (χ1) is 11.7. The van der Waals surface area contributed by atoms with E-state index in [1.807, 2.05) is 19.1 Å². The maximum absolute atomic E-state index is 12.1. The molecule has 4 rings (SSSR count). The molecule has 0 fully saturated rings. The quantitative estimate of drug-likeness (QED) is 0.793. The number of aromatic nitrogens is 3. The van der Waals surface area contributed by atoms with Crippen LogP contribution in [-0.4, -0.2) is 21.2 Å². The highest BCUT2D eigenvalue weighted by Gasteiger charge is 2.25. The van der Waals surface area contributed by atoms with Crippen molar-refractivity contribution < 1.29 is 13.8 Å². The number of carbonyl (C=O) groups is 1. The number of nitrogens with zero attached hydrogens (tertiary/aromatic N) is 3. The van der Waals surface area contributed by atoms with E-state index in [1.54, 1.807) is 6.07 Å². The number of hydrogen-bond donors (Lipinski definition) is 1. The summed E-state index contributed by atoms with van der Waals surface area (Å²) in [6.45, 7) is 1.97. The molecule has 2 heterocycles. The Labute approximate surface area is 138 Å². The van der Waals surface area contributed by atoms with Crippen molar-refractivity contribution in [2.75, 3.05) is 0 Å². The van der Waals surface area contributed by atoms with Gasteiger partial charge >= 0.3 is 0 Å². The van der Waals surface area contributed by atoms with Gasteiger partial charge in [0.15, 0.2) is 5.69 Å². The van der Waals surface area contributed by atoms with E-state index in [0.717, 1.165) is 24.0 Å². The molecule has 0 saturated carbocycles. The Morgan fingerprint density at radius 1 is 1.33 bits per heavy atom. The molecule has 0 aliphatic heterocycles. The molecule has 1 N–H and O–H groups in total. The lowest BCUT2D eigenvalue weighted by Gasteiger charge is -2.13. The summed E-state index contributed by atoms with van der Waals surface area (Å²) in [6, 6.07) is 7.59. The van der Waals surface area contributed by atoms with Crippen molar-refractivity contribution in [2.24, 2.45) is 0 Å². The fourth-order valence-electron chi connectivity index (χ4n) is 2.98. The average Bonchev–Trinajstić information content (AvgIpc) is 3.35. The summed E-state index contributed by atoms with van der Waals surface area (Å²) in [6.07, 6.45) is 3.85. The second-order valence-corrected chi connectivity index (χ2v) is 5.73. The standard InChI is InChI=1S/C17H16N4O3/c1-2-15-19-16(21-24-15)11-3-5-12-10(9-11)4-6-13(12)18-17(22)14-7-8-23-20-14/h3,5,7-9,13H,2,4,6H2,1H3,(H,18,22). The molecule has 1 aromatic carbocycles. The lowest BCUT2D eigenvalue weighted by molar-refractivity contribution is 0.0927. The average molecular weight is 324 g/mol. The van der Waals surface area contributed by atoms with Crippen molar-refractivity contribution >= 4 is 5.91 Å². The zero-order chi connectivity index (χ0) is 16.5. The Kier molecular flexibility index (Phi) is 3.60. The van der Waals surface area contributed by atoms with Crippen molar-refractivity contribution in [3.63, 3.8) is 0 Å². The summed E-state index contributed by atoms with van der Waals surface area (Å²) in [5.41, 5.74) is 3.54. The highest BCUT2D eigenvalue weighted by molar-refractivity contribution is 5.92. The lowest BCUT2D eigenvalue weighted by atomic mass is 10.0. The van der Waals surface area contributed by atoms with E-state index in [0.29, 0.717) is 23.8 Å². The predicted molar refractivity (Wildman–Crippen MR) is 84.1 cm³/mol. The Hall–Kier alpha value is -2.96. The first-order valence-corrected chi connectivity index (χ1v) is 7.91. The van der Waals surface area contributed by atoms with Gasteiger partial charge in [0, 0.05) is 18.1 Å². The minimum Gasteiger partial charge on any atom is -0.364 e. The van der Waals surface area contributed by atoms with Gasteiger partial charge in [-0.3, -0.25) is 4.79 Å². The van der Waals surface area contributed by atoms with Gasteiger partial charge in [-0.05, 0) is 30.0 Å². The highest BCUT2D eigenvalue weighted by Crippen LogP contribution is 2.33. The first-order valence-electron chi connectivity index (χ1n) is 7.91. The van der Waals surface area contributed by atoms with E-state index in [2.05, 4.69) is 26.7 Å². The SMILES string of the molecule is CCc1nc(-c2ccc3c(c2)CCC3NC(=O)c2ccon2)no1. The largest absolute Gasteiger partial charge is 0.364 e. The fourth-order valence-corrected chi connectivity index (χ4v) is 2.98. The monoisotopic (exact) mass is 324 g/mol. The van der Waals surface area contributed by atoms with Crippen LogP contribution >= 0.6 is 0 Å². The summed E-state index contributed by atoms with van der Waals surface area (Å²) in [7, 11) is 0. The van der Waals surface area contributed by atoms with E-state index < -0.39 is 0 Å². The molecule has 0 radical (unpaired) electrons. The number of fused-ring (bicyclic) bond motifs is 1. The van der Waals surface area contributed by atoms with Crippen LogP contribution in [0.15, 0.2) is 39.6 Å². The van der Waals surface area contributed by atoms with E-state index in [9.17, 15) is 4.79 Å². The van der Waals surface area contributed by atoms with E-state index >= 15 is 0 Å². The Balaban J connectivity index is 1.55. The number of benzene rings is 1. The predicted octanol–water partition coefficient (Wildman–Crippen LogP) is 2.70. The smallest absolute Gasteiger partial charge is 0.273 e. The van der Waals surface area contributed by atoms with Crippen molar-refractivity contribution in [2.45, 2.75) is 32.2 Å². The number of nitrogens with one attached hydrogen (secondary N) is 1. The van der Waals surface area contributed by atoms with Crippen LogP contribution in [0.4, 0.5) is 0 Å². The summed E-state index contributed by atoms with van der Waals surface area (Å²) < 4.78 is 9.88. The molecule has 2 aromatic heterocycles. The number of hydrogen-bond acceptors (Lipinski definition) is 6. The van der Waals surface area contributed by atoms with Crippen molar-refractivity contribution in [3.8, 4) is 11.4 Å². The third kappa shape index (κ3) is 2.58. The van der Waals surface area contributed by atoms with Crippen LogP contribution in [0.1, 0.15) is 46.9 Å². The van der Waals surface area contributed by atoms with Gasteiger partial charge in [0.25, 0.3) is 5.91 Å². The van der Waals surface area contributed by atoms with Crippen LogP contribution in [-0.2, 0) is 12.8 Å². The molecule has 0 saturated heterocycles. The first kappa shape index (κ1) is 14.6. The van der Waals surface area contributed by atoms with Crippen LogP contribution in [0.3, 0.4) is 0 Å². The maximum Gasteiger partial charge on any atom is 0.273 e. The third-order valence-electron chi connectivity index (χ3n) is 4.23. The van der Waals surface area contributed by atoms with Crippen LogP contribution in [0.2, 0.25) is 0 Å². The van der Waals surface area contributed by atoms with Gasteiger partial charge in [0.2, 0.25) is 11.7 Å². The van der Waals surface area contributed by atoms with Crippen LogP contribution in [0.25, 0.3) is 11.4 Å². The molecule has 1 amide bonds. The van der Waals surface area contributed by atoms with Crippen molar-refractivity contribution in [1.82, 2.24) is 20.6 Å². The van der Waals surface area contributed by atoms with Crippen LogP contribution in [0, 0.1) is 0 Å². The van der Waals surface area contributed by atoms with Gasteiger partial charge in [0.1, 0.15) is 6.26 Å². The second-order valence-electron chi connectivity index (χ2n) is 5.73. The molecule has 7 heteroatoms. The topological polar surface area (TPSA) is 94.1 Å². The third-order valence-corrected chi connectivity index (χ3v) is 4.23. The Morgan fingerprint density at radius 2 is 2.25 bits per heavy atom. The van der Waals surface area contributed by atoms with Gasteiger partial charge in [-0.25, -0.2) is 0 Å². The lowest BCUT2D eigenvalue weighted by Crippen LogP contribution is -2.27. The van der Waals surface area contributed by atoms with Gasteiger partial charge in [-0.15, -0.1) is 0 Å². The molecule has 1 aliphatic rings. The number of aryl methyl sites for hydroxylation is 2. The summed E-state index contributed by atoms with van der Waals surface area (Å²) in [5, 5.41) is 10.7. The molecular weight excluding hydrogens is 308 g/mol. The molecule has 0 spiro atoms. The van der Waals surface area contributed by atoms with Crippen molar-refractivity contribution in [1.29, 1.82) is 0 Å². The van der Waals surface area contributed by atoms with E-state index in [4.69, 9.17) is 9.05 Å². The van der Waals surface area contributed by atoms with E-state index in [-0.39, 0.29) is 11.9 Å².